The number of carbonyl (C=O) groups excluding carboxylic acids is 1. The number of hydrazone groups is 1. The third kappa shape index (κ3) is 6.63. The minimum atomic E-state index is -0.148. The molecule has 1 amide bonds. The first-order chi connectivity index (χ1) is 17.7. The molecule has 0 saturated carbocycles. The van der Waals surface area contributed by atoms with E-state index >= 15 is 0 Å². The Kier molecular flexibility index (Phi) is 8.92. The molecule has 3 aromatic carbocycles. The van der Waals surface area contributed by atoms with Gasteiger partial charge in [-0.2, -0.15) is 10.1 Å². The van der Waals surface area contributed by atoms with Crippen LogP contribution in [0.1, 0.15) is 50.7 Å². The predicted octanol–water partition coefficient (Wildman–Crippen LogP) is 7.07. The number of ether oxygens (including phenoxy) is 2. The summed E-state index contributed by atoms with van der Waals surface area (Å²) in [6.07, 6.45) is 8.05. The van der Waals surface area contributed by atoms with Crippen molar-refractivity contribution < 1.29 is 14.3 Å². The first-order valence-corrected chi connectivity index (χ1v) is 12.8. The lowest BCUT2D eigenvalue weighted by atomic mass is 10.1. The summed E-state index contributed by atoms with van der Waals surface area (Å²) in [6.45, 7) is 4.91. The van der Waals surface area contributed by atoms with Gasteiger partial charge in [0.1, 0.15) is 24.7 Å². The fourth-order valence-corrected chi connectivity index (χ4v) is 4.13. The van der Waals surface area contributed by atoms with Gasteiger partial charge in [-0.25, -0.2) is 0 Å². The van der Waals surface area contributed by atoms with Crippen LogP contribution in [0.15, 0.2) is 89.5 Å². The van der Waals surface area contributed by atoms with Gasteiger partial charge in [0.15, 0.2) is 0 Å². The van der Waals surface area contributed by atoms with Crippen LogP contribution in [-0.4, -0.2) is 24.8 Å². The Bertz CT molecular complexity index is 1200. The molecule has 1 aliphatic heterocycles. The number of rotatable bonds is 12. The van der Waals surface area contributed by atoms with Crippen molar-refractivity contribution in [3.63, 3.8) is 0 Å². The molecule has 0 radical (unpaired) electrons. The van der Waals surface area contributed by atoms with E-state index in [1.54, 1.807) is 0 Å². The zero-order valence-electron chi connectivity index (χ0n) is 21.2. The molecule has 0 atom stereocenters. The summed E-state index contributed by atoms with van der Waals surface area (Å²) >= 11 is 0. The molecule has 3 aromatic rings. The molecular formula is C31H34N2O3. The molecule has 0 unspecified atom stereocenters. The van der Waals surface area contributed by atoms with Crippen molar-refractivity contribution >= 4 is 23.4 Å². The zero-order chi connectivity index (χ0) is 25.2. The third-order valence-corrected chi connectivity index (χ3v) is 6.13. The molecule has 0 saturated heterocycles. The van der Waals surface area contributed by atoms with E-state index < -0.39 is 0 Å². The lowest BCUT2D eigenvalue weighted by molar-refractivity contribution is -0.114. The fraction of sp³-hybridized carbons (Fsp3) is 0.290. The van der Waals surface area contributed by atoms with Gasteiger partial charge in [-0.15, -0.1) is 0 Å². The van der Waals surface area contributed by atoms with Crippen molar-refractivity contribution in [1.29, 1.82) is 0 Å². The van der Waals surface area contributed by atoms with E-state index in [0.717, 1.165) is 23.4 Å². The summed E-state index contributed by atoms with van der Waals surface area (Å²) in [7, 11) is 0. The molecule has 0 spiro atoms. The first kappa shape index (κ1) is 25.2. The zero-order valence-corrected chi connectivity index (χ0v) is 21.2. The molecule has 1 aliphatic rings. The lowest BCUT2D eigenvalue weighted by Gasteiger charge is -2.12. The van der Waals surface area contributed by atoms with Gasteiger partial charge in [0, 0.05) is 5.56 Å². The van der Waals surface area contributed by atoms with E-state index in [2.05, 4.69) is 24.2 Å². The topological polar surface area (TPSA) is 51.1 Å². The summed E-state index contributed by atoms with van der Waals surface area (Å²) in [5.41, 5.74) is 4.16. The van der Waals surface area contributed by atoms with Crippen LogP contribution in [0.5, 0.6) is 11.5 Å². The number of amides is 1. The highest BCUT2D eigenvalue weighted by atomic mass is 16.5. The number of nitrogens with zero attached hydrogens (tertiary/aromatic N) is 2. The van der Waals surface area contributed by atoms with Crippen LogP contribution in [0, 0.1) is 0 Å². The molecule has 36 heavy (non-hydrogen) atoms. The molecule has 5 heteroatoms. The highest BCUT2D eigenvalue weighted by molar-refractivity contribution is 6.32. The number of anilines is 1. The van der Waals surface area contributed by atoms with Crippen LogP contribution in [0.4, 0.5) is 5.69 Å². The highest BCUT2D eigenvalue weighted by Gasteiger charge is 2.28. The molecular weight excluding hydrogens is 448 g/mol. The summed E-state index contributed by atoms with van der Waals surface area (Å²) in [6, 6.07) is 25.5. The average molecular weight is 483 g/mol. The molecule has 0 aromatic heterocycles. The van der Waals surface area contributed by atoms with Gasteiger partial charge in [0.05, 0.1) is 17.0 Å². The van der Waals surface area contributed by atoms with Gasteiger partial charge in [0.2, 0.25) is 0 Å². The second kappa shape index (κ2) is 12.7. The third-order valence-electron chi connectivity index (χ3n) is 6.13. The number of unbranched alkanes of at least 4 members (excludes halogenated alkanes) is 3. The number of hydrogen-bond acceptors (Lipinski definition) is 4. The minimum Gasteiger partial charge on any atom is -0.490 e. The standard InChI is InChI=1S/C31H34N2O3/c1-3-4-5-7-12-25-17-19-28(20-18-25)35-21-22-36-30-16-11-10-13-26(30)23-29-24(2)32-33(31(29)34)27-14-8-6-9-15-27/h6,8-11,13-20,23H,3-5,7,12,21-22H2,1-2H3. The Hall–Kier alpha value is -3.86. The van der Waals surface area contributed by atoms with Crippen LogP contribution in [0.25, 0.3) is 6.08 Å². The van der Waals surface area contributed by atoms with Gasteiger partial charge in [-0.05, 0) is 61.7 Å². The second-order valence-electron chi connectivity index (χ2n) is 8.89. The Labute approximate surface area is 214 Å². The molecule has 0 aliphatic carbocycles. The number of para-hydroxylation sites is 2. The van der Waals surface area contributed by atoms with Crippen LogP contribution < -0.4 is 14.5 Å². The molecule has 186 valence electrons. The van der Waals surface area contributed by atoms with Gasteiger partial charge in [0.25, 0.3) is 5.91 Å². The van der Waals surface area contributed by atoms with Crippen molar-refractivity contribution in [2.24, 2.45) is 5.10 Å². The Morgan fingerprint density at radius 2 is 1.56 bits per heavy atom. The van der Waals surface area contributed by atoms with Gasteiger partial charge in [-0.1, -0.05) is 74.7 Å². The maximum atomic E-state index is 13.0. The fourth-order valence-electron chi connectivity index (χ4n) is 4.13. The van der Waals surface area contributed by atoms with E-state index in [1.165, 1.54) is 36.3 Å². The van der Waals surface area contributed by atoms with Crippen molar-refractivity contribution in [3.8, 4) is 11.5 Å². The number of hydrogen-bond donors (Lipinski definition) is 0. The monoisotopic (exact) mass is 482 g/mol. The number of carbonyl (C=O) groups is 1. The van der Waals surface area contributed by atoms with Crippen LogP contribution in [0.2, 0.25) is 0 Å². The highest BCUT2D eigenvalue weighted by Crippen LogP contribution is 2.27. The van der Waals surface area contributed by atoms with E-state index in [0.29, 0.717) is 30.2 Å². The summed E-state index contributed by atoms with van der Waals surface area (Å²) in [5.74, 6) is 1.40. The van der Waals surface area contributed by atoms with Crippen molar-refractivity contribution in [1.82, 2.24) is 0 Å². The van der Waals surface area contributed by atoms with Crippen LogP contribution >= 0.6 is 0 Å². The van der Waals surface area contributed by atoms with E-state index in [-0.39, 0.29) is 5.91 Å². The molecule has 1 heterocycles. The minimum absolute atomic E-state index is 0.148. The first-order valence-electron chi connectivity index (χ1n) is 12.8. The summed E-state index contributed by atoms with van der Waals surface area (Å²) in [4.78, 5) is 13.0. The predicted molar refractivity (Wildman–Crippen MR) is 147 cm³/mol. The smallest absolute Gasteiger partial charge is 0.280 e. The van der Waals surface area contributed by atoms with E-state index in [9.17, 15) is 4.79 Å². The van der Waals surface area contributed by atoms with E-state index in [1.807, 2.05) is 79.7 Å². The largest absolute Gasteiger partial charge is 0.490 e. The molecule has 4 rings (SSSR count). The van der Waals surface area contributed by atoms with Gasteiger partial charge < -0.3 is 9.47 Å². The van der Waals surface area contributed by atoms with Gasteiger partial charge in [-0.3, -0.25) is 4.79 Å². The second-order valence-corrected chi connectivity index (χ2v) is 8.89. The number of benzene rings is 3. The quantitative estimate of drug-likeness (QED) is 0.205. The Morgan fingerprint density at radius 3 is 2.33 bits per heavy atom. The van der Waals surface area contributed by atoms with Crippen molar-refractivity contribution in [2.75, 3.05) is 18.2 Å². The lowest BCUT2D eigenvalue weighted by Crippen LogP contribution is -2.21. The Balaban J connectivity index is 1.32. The summed E-state index contributed by atoms with van der Waals surface area (Å²) in [5, 5.41) is 5.90. The van der Waals surface area contributed by atoms with E-state index in [4.69, 9.17) is 9.47 Å². The Morgan fingerprint density at radius 1 is 0.833 bits per heavy atom. The molecule has 0 bridgehead atoms. The number of aryl methyl sites for hydroxylation is 1. The average Bonchev–Trinajstić information content (AvgIpc) is 3.19. The maximum Gasteiger partial charge on any atom is 0.280 e. The van der Waals surface area contributed by atoms with Crippen LogP contribution in [0.3, 0.4) is 0 Å². The molecule has 0 N–H and O–H groups in total. The van der Waals surface area contributed by atoms with Crippen molar-refractivity contribution in [2.45, 2.75) is 46.0 Å². The normalized spacial score (nSPS) is 14.3. The molecule has 5 nitrogen and oxygen atoms in total. The SMILES string of the molecule is CCCCCCc1ccc(OCCOc2ccccc2C=C2C(=O)N(c3ccccc3)N=C2C)cc1. The molecule has 0 fully saturated rings. The van der Waals surface area contributed by atoms with Crippen molar-refractivity contribution in [3.05, 3.63) is 95.6 Å². The van der Waals surface area contributed by atoms with Crippen LogP contribution in [-0.2, 0) is 11.2 Å². The van der Waals surface area contributed by atoms with Gasteiger partial charge >= 0.3 is 0 Å². The summed E-state index contributed by atoms with van der Waals surface area (Å²) < 4.78 is 11.9. The maximum absolute atomic E-state index is 13.0.